The van der Waals surface area contributed by atoms with Crippen LogP contribution in [0, 0.1) is 5.82 Å². The molecule has 1 rings (SSSR count). The third kappa shape index (κ3) is 2.90. The lowest BCUT2D eigenvalue weighted by Crippen LogP contribution is -2.12. The number of ether oxygens (including phenoxy) is 2. The van der Waals surface area contributed by atoms with E-state index in [0.717, 1.165) is 6.07 Å². The maximum atomic E-state index is 13.2. The first-order chi connectivity index (χ1) is 7.04. The van der Waals surface area contributed by atoms with E-state index in [-0.39, 0.29) is 17.5 Å². The second-order valence-electron chi connectivity index (χ2n) is 3.17. The Balaban J connectivity index is 2.87. The fourth-order valence-electron chi connectivity index (χ4n) is 0.969. The van der Waals surface area contributed by atoms with Gasteiger partial charge in [0, 0.05) is 6.20 Å². The van der Waals surface area contributed by atoms with Crippen LogP contribution in [0.2, 0.25) is 0 Å². The van der Waals surface area contributed by atoms with Gasteiger partial charge >= 0.3 is 5.97 Å². The van der Waals surface area contributed by atoms with Gasteiger partial charge < -0.3 is 9.47 Å². The van der Waals surface area contributed by atoms with Crippen LogP contribution in [0.25, 0.3) is 0 Å². The summed E-state index contributed by atoms with van der Waals surface area (Å²) in [5.74, 6) is -1.43. The largest absolute Gasteiger partial charge is 0.479 e. The number of nitrogens with zero attached hydrogens (tertiary/aromatic N) is 1. The molecule has 0 amide bonds. The molecule has 0 aliphatic carbocycles. The van der Waals surface area contributed by atoms with Crippen molar-refractivity contribution < 1.29 is 18.7 Å². The molecule has 0 saturated heterocycles. The van der Waals surface area contributed by atoms with Crippen molar-refractivity contribution in [1.29, 1.82) is 0 Å². The summed E-state index contributed by atoms with van der Waals surface area (Å²) >= 11 is 0. The summed E-state index contributed by atoms with van der Waals surface area (Å²) < 4.78 is 22.7. The molecule has 0 fully saturated rings. The van der Waals surface area contributed by atoms with E-state index < -0.39 is 11.8 Å². The number of carbonyl (C=O) groups is 1. The molecule has 1 aromatic heterocycles. The number of esters is 1. The van der Waals surface area contributed by atoms with Gasteiger partial charge in [0.15, 0.2) is 5.82 Å². The molecule has 0 aliphatic rings. The molecule has 0 saturated carbocycles. The number of pyridine rings is 1. The first-order valence-electron chi connectivity index (χ1n) is 4.45. The minimum Gasteiger partial charge on any atom is -0.479 e. The number of carbonyl (C=O) groups excluding carboxylic acids is 1. The highest BCUT2D eigenvalue weighted by Gasteiger charge is 2.13. The highest BCUT2D eigenvalue weighted by atomic mass is 19.1. The van der Waals surface area contributed by atoms with E-state index in [2.05, 4.69) is 9.72 Å². The molecule has 4 nitrogen and oxygen atoms in total. The fourth-order valence-corrected chi connectivity index (χ4v) is 0.969. The van der Waals surface area contributed by atoms with Gasteiger partial charge in [0.05, 0.1) is 18.8 Å². The molecule has 0 radical (unpaired) electrons. The first-order valence-corrected chi connectivity index (χ1v) is 4.45. The van der Waals surface area contributed by atoms with Gasteiger partial charge in [0.25, 0.3) is 0 Å². The monoisotopic (exact) mass is 213 g/mol. The number of halogens is 1. The minimum absolute atomic E-state index is 0.0713. The van der Waals surface area contributed by atoms with Gasteiger partial charge in [0.1, 0.15) is 0 Å². The first kappa shape index (κ1) is 11.4. The molecule has 0 aliphatic heterocycles. The average Bonchev–Trinajstić information content (AvgIpc) is 2.16. The van der Waals surface area contributed by atoms with Gasteiger partial charge in [-0.25, -0.2) is 14.2 Å². The van der Waals surface area contributed by atoms with Crippen molar-refractivity contribution in [2.45, 2.75) is 20.0 Å². The minimum atomic E-state index is -0.685. The molecule has 5 heteroatoms. The molecule has 0 spiro atoms. The number of hydrogen-bond acceptors (Lipinski definition) is 4. The van der Waals surface area contributed by atoms with Gasteiger partial charge in [-0.2, -0.15) is 0 Å². The van der Waals surface area contributed by atoms with Crippen LogP contribution in [0.5, 0.6) is 5.88 Å². The van der Waals surface area contributed by atoms with Crippen molar-refractivity contribution >= 4 is 5.97 Å². The lowest BCUT2D eigenvalue weighted by Gasteiger charge is -2.08. The van der Waals surface area contributed by atoms with Crippen molar-refractivity contribution in [3.8, 4) is 5.88 Å². The van der Waals surface area contributed by atoms with E-state index >= 15 is 0 Å². The summed E-state index contributed by atoms with van der Waals surface area (Å²) in [4.78, 5) is 15.0. The van der Waals surface area contributed by atoms with Gasteiger partial charge in [-0.1, -0.05) is 0 Å². The molecule has 0 aromatic carbocycles. The Labute approximate surface area is 87.0 Å². The van der Waals surface area contributed by atoms with Crippen LogP contribution in [0.3, 0.4) is 0 Å². The third-order valence-corrected chi connectivity index (χ3v) is 1.58. The van der Waals surface area contributed by atoms with Crippen molar-refractivity contribution in [2.24, 2.45) is 0 Å². The van der Waals surface area contributed by atoms with Gasteiger partial charge in [0.2, 0.25) is 5.88 Å². The SMILES string of the molecule is COc1ncc(C(=O)OC(C)C)cc1F. The molecule has 1 heterocycles. The van der Waals surface area contributed by atoms with E-state index in [1.165, 1.54) is 13.3 Å². The van der Waals surface area contributed by atoms with E-state index in [9.17, 15) is 9.18 Å². The molecule has 0 unspecified atom stereocenters. The number of rotatable bonds is 3. The van der Waals surface area contributed by atoms with Crippen LogP contribution in [0.4, 0.5) is 4.39 Å². The Kier molecular flexibility index (Phi) is 3.60. The normalized spacial score (nSPS) is 10.2. The number of methoxy groups -OCH3 is 1. The third-order valence-electron chi connectivity index (χ3n) is 1.58. The summed E-state index contributed by atoms with van der Waals surface area (Å²) in [5.41, 5.74) is 0.0713. The van der Waals surface area contributed by atoms with Gasteiger partial charge in [-0.15, -0.1) is 0 Å². The van der Waals surface area contributed by atoms with E-state index in [0.29, 0.717) is 0 Å². The maximum absolute atomic E-state index is 13.2. The molecular weight excluding hydrogens is 201 g/mol. The lowest BCUT2D eigenvalue weighted by atomic mass is 10.3. The second-order valence-corrected chi connectivity index (χ2v) is 3.17. The van der Waals surface area contributed by atoms with Crippen LogP contribution in [0.1, 0.15) is 24.2 Å². The Morgan fingerprint density at radius 2 is 2.20 bits per heavy atom. The van der Waals surface area contributed by atoms with E-state index in [1.54, 1.807) is 13.8 Å². The fraction of sp³-hybridized carbons (Fsp3) is 0.400. The van der Waals surface area contributed by atoms with E-state index in [4.69, 9.17) is 4.74 Å². The molecule has 0 N–H and O–H groups in total. The molecule has 82 valence electrons. The predicted molar refractivity (Wildman–Crippen MR) is 51.3 cm³/mol. The van der Waals surface area contributed by atoms with E-state index in [1.807, 2.05) is 0 Å². The zero-order chi connectivity index (χ0) is 11.4. The summed E-state index contributed by atoms with van der Waals surface area (Å²) in [6, 6.07) is 1.04. The van der Waals surface area contributed by atoms with Crippen LogP contribution in [-0.4, -0.2) is 24.2 Å². The predicted octanol–water partition coefficient (Wildman–Crippen LogP) is 1.79. The maximum Gasteiger partial charge on any atom is 0.340 e. The standard InChI is InChI=1S/C10H12FNO3/c1-6(2)15-10(13)7-4-8(11)9(14-3)12-5-7/h4-6H,1-3H3. The molecule has 15 heavy (non-hydrogen) atoms. The highest BCUT2D eigenvalue weighted by Crippen LogP contribution is 2.14. The van der Waals surface area contributed by atoms with Crippen molar-refractivity contribution in [3.05, 3.63) is 23.6 Å². The molecule has 0 atom stereocenters. The summed E-state index contributed by atoms with van der Waals surface area (Å²) in [7, 11) is 1.30. The van der Waals surface area contributed by atoms with Crippen LogP contribution >= 0.6 is 0 Å². The van der Waals surface area contributed by atoms with Gasteiger partial charge in [-0.3, -0.25) is 0 Å². The topological polar surface area (TPSA) is 48.4 Å². The van der Waals surface area contributed by atoms with Crippen molar-refractivity contribution in [1.82, 2.24) is 4.98 Å². The van der Waals surface area contributed by atoms with Crippen LogP contribution < -0.4 is 4.74 Å². The summed E-state index contributed by atoms with van der Waals surface area (Å²) in [6.45, 7) is 3.43. The zero-order valence-corrected chi connectivity index (χ0v) is 8.78. The van der Waals surface area contributed by atoms with Crippen molar-refractivity contribution in [3.63, 3.8) is 0 Å². The Morgan fingerprint density at radius 1 is 1.53 bits per heavy atom. The molecule has 1 aromatic rings. The highest BCUT2D eigenvalue weighted by molar-refractivity contribution is 5.89. The van der Waals surface area contributed by atoms with Crippen LogP contribution in [-0.2, 0) is 4.74 Å². The second kappa shape index (κ2) is 4.72. The number of aromatic nitrogens is 1. The Morgan fingerprint density at radius 3 is 2.67 bits per heavy atom. The zero-order valence-electron chi connectivity index (χ0n) is 8.78. The molecule has 0 bridgehead atoms. The van der Waals surface area contributed by atoms with Gasteiger partial charge in [-0.05, 0) is 19.9 Å². The van der Waals surface area contributed by atoms with Crippen LogP contribution in [0.15, 0.2) is 12.3 Å². The summed E-state index contributed by atoms with van der Waals surface area (Å²) in [5, 5.41) is 0. The average molecular weight is 213 g/mol. The Hall–Kier alpha value is -1.65. The smallest absolute Gasteiger partial charge is 0.340 e. The lowest BCUT2D eigenvalue weighted by molar-refractivity contribution is 0.0376. The molecular formula is C10H12FNO3. The number of hydrogen-bond donors (Lipinski definition) is 0. The Bertz CT molecular complexity index is 366. The quantitative estimate of drug-likeness (QED) is 0.718. The van der Waals surface area contributed by atoms with Crippen molar-refractivity contribution in [2.75, 3.05) is 7.11 Å². The summed E-state index contributed by atoms with van der Waals surface area (Å²) in [6.07, 6.45) is 0.967.